The average molecular weight is 778 g/mol. The predicted octanol–water partition coefficient (Wildman–Crippen LogP) is 8.49. The highest BCUT2D eigenvalue weighted by Crippen LogP contribution is 2.66. The second kappa shape index (κ2) is 19.4. The average Bonchev–Trinajstić information content (AvgIpc) is 3.63. The molecule has 4 heterocycles. The van der Waals surface area contributed by atoms with Gasteiger partial charge in [0.15, 0.2) is 11.6 Å². The number of amides is 2. The van der Waals surface area contributed by atoms with Crippen molar-refractivity contribution >= 4 is 29.7 Å². The minimum absolute atomic E-state index is 0.00399. The number of nitrogens with zero attached hydrogens (tertiary/aromatic N) is 3. The molecule has 56 heavy (non-hydrogen) atoms. The minimum Gasteiger partial charge on any atom is -0.378 e. The molecule has 4 aliphatic heterocycles. The molecule has 1 unspecified atom stereocenters. The van der Waals surface area contributed by atoms with E-state index in [0.29, 0.717) is 31.2 Å². The van der Waals surface area contributed by atoms with Crippen LogP contribution in [0.4, 0.5) is 0 Å². The monoisotopic (exact) mass is 778 g/mol. The van der Waals surface area contributed by atoms with Crippen molar-refractivity contribution in [3.63, 3.8) is 0 Å². The summed E-state index contributed by atoms with van der Waals surface area (Å²) in [4.78, 5) is 68.1. The topological polar surface area (TPSA) is 136 Å². The maximum absolute atomic E-state index is 13.4. The molecule has 6 fully saturated rings. The van der Waals surface area contributed by atoms with E-state index in [2.05, 4.69) is 27.7 Å². The van der Waals surface area contributed by atoms with Crippen LogP contribution in [0.5, 0.6) is 0 Å². The molecule has 0 aromatic rings. The molecule has 9 nitrogen and oxygen atoms in total. The molecule has 11 atom stereocenters. The molecule has 2 saturated carbocycles. The lowest BCUT2D eigenvalue weighted by atomic mass is 9.86. The Bertz CT molecular complexity index is 1430. The number of aliphatic hydroxyl groups is 1. The van der Waals surface area contributed by atoms with Crippen LogP contribution in [0.3, 0.4) is 0 Å². The number of fused-ring (bicyclic) bond motifs is 6. The summed E-state index contributed by atoms with van der Waals surface area (Å²) in [6.45, 7) is 14.3. The predicted molar refractivity (Wildman–Crippen MR) is 218 cm³/mol. The zero-order chi connectivity index (χ0) is 40.8. The van der Waals surface area contributed by atoms with Crippen molar-refractivity contribution in [3.8, 4) is 6.07 Å². The highest BCUT2D eigenvalue weighted by atomic mass is 16.3. The van der Waals surface area contributed by atoms with Gasteiger partial charge in [0, 0.05) is 49.6 Å². The van der Waals surface area contributed by atoms with Crippen LogP contribution < -0.4 is 0 Å². The molecule has 6 rings (SSSR count). The summed E-state index contributed by atoms with van der Waals surface area (Å²) >= 11 is 0. The fourth-order valence-electron chi connectivity index (χ4n) is 11.5. The van der Waals surface area contributed by atoms with E-state index in [0.717, 1.165) is 83.5 Å². The number of rotatable bonds is 2. The van der Waals surface area contributed by atoms with Gasteiger partial charge in [0.25, 0.3) is 0 Å². The summed E-state index contributed by atoms with van der Waals surface area (Å²) in [5, 5.41) is 19.5. The molecule has 0 aromatic heterocycles. The fraction of sp³-hybridized carbons (Fsp3) is 0.872. The Balaban J connectivity index is 0.000000215. The zero-order valence-electron chi connectivity index (χ0n) is 35.8. The molecule has 0 bridgehead atoms. The van der Waals surface area contributed by atoms with Crippen LogP contribution >= 0.6 is 0 Å². The molecular weight excluding hydrogens is 703 g/mol. The molecule has 4 saturated heterocycles. The van der Waals surface area contributed by atoms with Crippen LogP contribution in [0.15, 0.2) is 0 Å². The molecule has 2 amide bonds. The third kappa shape index (κ3) is 10.2. The number of carbonyl (C=O) groups is 5. The van der Waals surface area contributed by atoms with Crippen LogP contribution in [0, 0.1) is 69.5 Å². The SMILES string of the molecule is C[C@H]1CCCCCCCCC[C@@H](C(O)C#N)CC(=O)[C@@H]2[C@@H]3[C@H](CN2C1=O)C3(C)C.C[C@H]1CCCCCCCCC[C@@H](C=O)CC(=O)[C@@H]2[C@@H]3[C@H](CN2C1=O)C3(C)C. The molecule has 0 spiro atoms. The number of carbonyl (C=O) groups excluding carboxylic acids is 5. The first kappa shape index (κ1) is 44.5. The molecule has 6 aliphatic rings. The van der Waals surface area contributed by atoms with Gasteiger partial charge in [-0.3, -0.25) is 19.2 Å². The fourth-order valence-corrected chi connectivity index (χ4v) is 11.5. The maximum Gasteiger partial charge on any atom is 0.226 e. The highest BCUT2D eigenvalue weighted by molar-refractivity contribution is 5.93. The van der Waals surface area contributed by atoms with Gasteiger partial charge in [0.1, 0.15) is 12.4 Å². The van der Waals surface area contributed by atoms with E-state index in [9.17, 15) is 34.3 Å². The molecule has 314 valence electrons. The Morgan fingerprint density at radius 3 is 1.41 bits per heavy atom. The smallest absolute Gasteiger partial charge is 0.226 e. The first-order valence-electron chi connectivity index (χ1n) is 22.9. The number of nitriles is 1. The Morgan fingerprint density at radius 2 is 1.00 bits per heavy atom. The summed E-state index contributed by atoms with van der Waals surface area (Å²) in [6, 6.07) is 1.28. The van der Waals surface area contributed by atoms with Gasteiger partial charge in [-0.15, -0.1) is 0 Å². The zero-order valence-corrected chi connectivity index (χ0v) is 35.8. The third-order valence-corrected chi connectivity index (χ3v) is 15.6. The van der Waals surface area contributed by atoms with Gasteiger partial charge in [-0.05, 0) is 60.2 Å². The lowest BCUT2D eigenvalue weighted by Crippen LogP contribution is -2.48. The molecule has 2 aliphatic carbocycles. The van der Waals surface area contributed by atoms with E-state index in [1.807, 2.05) is 29.7 Å². The minimum atomic E-state index is -1.11. The number of aldehydes is 1. The number of aliphatic hydroxyl groups excluding tert-OH is 1. The Hall–Kier alpha value is -2.60. The lowest BCUT2D eigenvalue weighted by molar-refractivity contribution is -0.143. The van der Waals surface area contributed by atoms with E-state index >= 15 is 0 Å². The van der Waals surface area contributed by atoms with Gasteiger partial charge >= 0.3 is 0 Å². The number of hydrogen-bond acceptors (Lipinski definition) is 7. The van der Waals surface area contributed by atoms with Gasteiger partial charge < -0.3 is 19.7 Å². The third-order valence-electron chi connectivity index (χ3n) is 15.6. The van der Waals surface area contributed by atoms with Crippen LogP contribution in [0.1, 0.15) is 170 Å². The quantitative estimate of drug-likeness (QED) is 0.219. The normalized spacial score (nSPS) is 37.8. The summed E-state index contributed by atoms with van der Waals surface area (Å²) in [5.74, 6) is 1.26. The van der Waals surface area contributed by atoms with Crippen molar-refractivity contribution in [1.82, 2.24) is 9.80 Å². The molecule has 9 heteroatoms. The standard InChI is InChI=1S/C24H38N2O3.C23H37NO3/c1-16-11-9-7-5-4-6-8-10-12-17(20(28)14-25)13-19(27)22-21-18(24(21,2)3)15-26(22)23(16)29;1-16-11-9-7-5-4-6-8-10-12-17(15-25)13-19(26)21-20-18(23(20,2)3)14-24(21)22(16)27/h16-18,20-22,28H,4-13,15H2,1-3H3;15-18,20-21H,4-14H2,1-3H3/t16-,17+,18-,20?,21-,22+;16-,17+,18-,20-,21+/m00/s1. The van der Waals surface area contributed by atoms with Crippen molar-refractivity contribution < 1.29 is 29.1 Å². The van der Waals surface area contributed by atoms with Gasteiger partial charge in [-0.2, -0.15) is 5.26 Å². The second-order valence-electron chi connectivity index (χ2n) is 20.3. The van der Waals surface area contributed by atoms with E-state index < -0.39 is 6.10 Å². The van der Waals surface area contributed by atoms with Crippen LogP contribution in [-0.2, 0) is 24.0 Å². The van der Waals surface area contributed by atoms with E-state index in [1.165, 1.54) is 38.5 Å². The largest absolute Gasteiger partial charge is 0.378 e. The second-order valence-corrected chi connectivity index (χ2v) is 20.3. The number of piperidine rings is 2. The Kier molecular flexibility index (Phi) is 15.4. The van der Waals surface area contributed by atoms with Crippen LogP contribution in [0.25, 0.3) is 0 Å². The first-order valence-corrected chi connectivity index (χ1v) is 22.9. The summed E-state index contributed by atoms with van der Waals surface area (Å²) in [7, 11) is 0. The maximum atomic E-state index is 13.4. The number of ketones is 2. The van der Waals surface area contributed by atoms with Crippen molar-refractivity contribution in [1.29, 1.82) is 5.26 Å². The molecule has 1 N–H and O–H groups in total. The van der Waals surface area contributed by atoms with Crippen molar-refractivity contribution in [2.45, 2.75) is 188 Å². The molecule has 0 aromatic carbocycles. The number of Topliss-reactive ketones (excluding diaryl/α,β-unsaturated/α-hetero) is 2. The van der Waals surface area contributed by atoms with E-state index in [-0.39, 0.29) is 88.2 Å². The molecule has 0 radical (unpaired) electrons. The summed E-state index contributed by atoms with van der Waals surface area (Å²) in [5.41, 5.74) is 0.252. The van der Waals surface area contributed by atoms with Gasteiger partial charge in [-0.1, -0.05) is 131 Å². The van der Waals surface area contributed by atoms with Gasteiger partial charge in [0.2, 0.25) is 11.8 Å². The Morgan fingerprint density at radius 1 is 0.625 bits per heavy atom. The first-order chi connectivity index (χ1) is 26.7. The summed E-state index contributed by atoms with van der Waals surface area (Å²) < 4.78 is 0. The van der Waals surface area contributed by atoms with Crippen LogP contribution in [0.2, 0.25) is 0 Å². The van der Waals surface area contributed by atoms with Crippen molar-refractivity contribution in [2.24, 2.45) is 58.2 Å². The van der Waals surface area contributed by atoms with Crippen LogP contribution in [-0.4, -0.2) is 75.9 Å². The summed E-state index contributed by atoms with van der Waals surface area (Å²) in [6.07, 6.45) is 19.7. The van der Waals surface area contributed by atoms with Gasteiger partial charge in [-0.25, -0.2) is 0 Å². The van der Waals surface area contributed by atoms with E-state index in [1.54, 1.807) is 0 Å². The van der Waals surface area contributed by atoms with E-state index in [4.69, 9.17) is 0 Å². The molecular formula is C47H75N3O6. The Labute approximate surface area is 338 Å². The highest BCUT2D eigenvalue weighted by Gasteiger charge is 2.70. The number of hydrogen-bond donors (Lipinski definition) is 1. The van der Waals surface area contributed by atoms with Gasteiger partial charge in [0.05, 0.1) is 18.2 Å². The lowest BCUT2D eigenvalue weighted by Gasteiger charge is -2.33. The van der Waals surface area contributed by atoms with Crippen molar-refractivity contribution in [2.75, 3.05) is 13.1 Å². The van der Waals surface area contributed by atoms with Crippen molar-refractivity contribution in [3.05, 3.63) is 0 Å².